The molecule has 3 nitrogen and oxygen atoms in total. The van der Waals surface area contributed by atoms with Crippen molar-refractivity contribution in [1.29, 1.82) is 0 Å². The van der Waals surface area contributed by atoms with Crippen LogP contribution in [0.5, 0.6) is 0 Å². The van der Waals surface area contributed by atoms with Gasteiger partial charge in [0.25, 0.3) is 0 Å². The third kappa shape index (κ3) is 1.92. The lowest BCUT2D eigenvalue weighted by molar-refractivity contribution is 0.277. The van der Waals surface area contributed by atoms with Crippen LogP contribution in [0.4, 0.5) is 0 Å². The first-order chi connectivity index (χ1) is 9.39. The Hall–Kier alpha value is -1.03. The topological polar surface area (TPSA) is 46.3 Å². The summed E-state index contributed by atoms with van der Waals surface area (Å²) in [4.78, 5) is 0. The lowest BCUT2D eigenvalue weighted by Crippen LogP contribution is -1.91. The molecule has 0 atom stereocenters. The molecule has 1 N–H and O–H groups in total. The zero-order chi connectivity index (χ0) is 14.5. The van der Waals surface area contributed by atoms with Gasteiger partial charge in [0.1, 0.15) is 11.5 Å². The molecule has 18 heavy (non-hydrogen) atoms. The van der Waals surface area contributed by atoms with Crippen LogP contribution < -0.4 is 0 Å². The van der Waals surface area contributed by atoms with Crippen LogP contribution in [0.25, 0.3) is 11.3 Å². The van der Waals surface area contributed by atoms with Gasteiger partial charge in [-0.25, -0.2) is 0 Å². The van der Waals surface area contributed by atoms with Crippen molar-refractivity contribution in [3.63, 3.8) is 0 Å². The number of nitrogens with zero attached hydrogens (tertiary/aromatic N) is 1. The third-order valence-electron chi connectivity index (χ3n) is 2.98. The van der Waals surface area contributed by atoms with E-state index in [9.17, 15) is 5.11 Å². The third-order valence-corrected chi connectivity index (χ3v) is 3.61. The van der Waals surface area contributed by atoms with Crippen LogP contribution in [0.15, 0.2) is 22.7 Å². The normalized spacial score (nSPS) is 17.5. The van der Waals surface area contributed by atoms with E-state index >= 15 is 0 Å². The van der Waals surface area contributed by atoms with Gasteiger partial charge in [-0.3, -0.25) is 0 Å². The predicted octanol–water partition coefficient (Wildman–Crippen LogP) is 4.02. The van der Waals surface area contributed by atoms with Crippen molar-refractivity contribution in [3.8, 4) is 11.3 Å². The molecule has 0 unspecified atom stereocenters. The predicted molar refractivity (Wildman–Crippen MR) is 69.9 cm³/mol. The summed E-state index contributed by atoms with van der Waals surface area (Å²) < 4.78 is 20.5. The molecular formula is C13H11Cl2NO2. The molecule has 1 aliphatic rings. The van der Waals surface area contributed by atoms with Crippen molar-refractivity contribution in [2.24, 2.45) is 0 Å². The Bertz CT molecular complexity index is 643. The molecule has 1 aromatic heterocycles. The van der Waals surface area contributed by atoms with Crippen molar-refractivity contribution in [3.05, 3.63) is 39.6 Å². The highest BCUT2D eigenvalue weighted by Gasteiger charge is 2.32. The van der Waals surface area contributed by atoms with E-state index in [-0.39, 0.29) is 17.2 Å². The van der Waals surface area contributed by atoms with E-state index in [4.69, 9.17) is 30.5 Å². The summed E-state index contributed by atoms with van der Waals surface area (Å²) >= 11 is 12.2. The smallest absolute Gasteiger partial charge is 0.145 e. The largest absolute Gasteiger partial charge is 0.391 e. The number of hydrogen-bond acceptors (Lipinski definition) is 3. The van der Waals surface area contributed by atoms with Crippen molar-refractivity contribution >= 4 is 23.2 Å². The first kappa shape index (κ1) is 9.84. The fourth-order valence-corrected chi connectivity index (χ4v) is 2.51. The number of aliphatic hydroxyl groups is 1. The minimum absolute atomic E-state index is 0.0231. The second kappa shape index (κ2) is 4.57. The maximum Gasteiger partial charge on any atom is 0.145 e. The molecular weight excluding hydrogens is 273 g/mol. The Balaban J connectivity index is 2.24. The zero-order valence-corrected chi connectivity index (χ0v) is 10.8. The molecule has 1 aromatic carbocycles. The minimum atomic E-state index is -2.56. The van der Waals surface area contributed by atoms with Gasteiger partial charge >= 0.3 is 0 Å². The van der Waals surface area contributed by atoms with Crippen molar-refractivity contribution in [1.82, 2.24) is 5.16 Å². The van der Waals surface area contributed by atoms with Gasteiger partial charge in [-0.1, -0.05) is 34.4 Å². The number of rotatable bonds is 3. The number of halogens is 2. The average Bonchev–Trinajstić information content (AvgIpc) is 3.08. The van der Waals surface area contributed by atoms with Crippen LogP contribution in [0.2, 0.25) is 10.0 Å². The quantitative estimate of drug-likeness (QED) is 0.927. The summed E-state index contributed by atoms with van der Waals surface area (Å²) in [5.74, 6) is 0.484. The molecule has 0 spiro atoms. The van der Waals surface area contributed by atoms with Gasteiger partial charge < -0.3 is 9.63 Å². The first-order valence-electron chi connectivity index (χ1n) is 6.56. The van der Waals surface area contributed by atoms with E-state index in [0.717, 1.165) is 12.8 Å². The van der Waals surface area contributed by atoms with E-state index in [1.807, 2.05) is 0 Å². The molecule has 1 aliphatic carbocycles. The molecule has 3 rings (SSSR count). The summed E-state index contributed by atoms with van der Waals surface area (Å²) in [6.45, 7) is -2.56. The van der Waals surface area contributed by atoms with E-state index in [0.29, 0.717) is 21.4 Å². The zero-order valence-electron chi connectivity index (χ0n) is 11.3. The van der Waals surface area contributed by atoms with Crippen LogP contribution in [-0.2, 0) is 6.56 Å². The maximum absolute atomic E-state index is 9.81. The summed E-state index contributed by atoms with van der Waals surface area (Å²) in [5, 5.41) is 14.4. The van der Waals surface area contributed by atoms with E-state index in [1.54, 1.807) is 18.2 Å². The molecule has 94 valence electrons. The Morgan fingerprint density at radius 3 is 2.61 bits per heavy atom. The van der Waals surface area contributed by atoms with E-state index < -0.39 is 6.56 Å². The Labute approximate surface area is 117 Å². The SMILES string of the molecule is [2H]C([2H])(O)c1c(-c2c(Cl)cccc2Cl)noc1C1CC1. The molecule has 1 heterocycles. The van der Waals surface area contributed by atoms with Crippen LogP contribution in [0.1, 0.15) is 32.8 Å². The Morgan fingerprint density at radius 2 is 2.06 bits per heavy atom. The standard InChI is InChI=1S/C13H11Cl2NO2/c14-9-2-1-3-10(15)11(9)12-8(6-17)13(18-16-12)7-4-5-7/h1-3,7,17H,4-6H2/i6D2. The second-order valence-corrected chi connectivity index (χ2v) is 5.07. The van der Waals surface area contributed by atoms with Crippen molar-refractivity contribution < 1.29 is 12.4 Å². The van der Waals surface area contributed by atoms with Crippen LogP contribution >= 0.6 is 23.2 Å². The summed E-state index contributed by atoms with van der Waals surface area (Å²) in [6.07, 6.45) is 1.79. The fraction of sp³-hybridized carbons (Fsp3) is 0.308. The van der Waals surface area contributed by atoms with Gasteiger partial charge in [0.15, 0.2) is 0 Å². The summed E-state index contributed by atoms with van der Waals surface area (Å²) in [6, 6.07) is 4.94. The van der Waals surface area contributed by atoms with Gasteiger partial charge in [0.2, 0.25) is 0 Å². The van der Waals surface area contributed by atoms with Crippen LogP contribution in [-0.4, -0.2) is 10.3 Å². The second-order valence-electron chi connectivity index (χ2n) is 4.25. The molecule has 0 radical (unpaired) electrons. The van der Waals surface area contributed by atoms with Gasteiger partial charge in [0, 0.05) is 17.0 Å². The first-order valence-corrected chi connectivity index (χ1v) is 6.32. The highest BCUT2D eigenvalue weighted by atomic mass is 35.5. The molecule has 1 fully saturated rings. The molecule has 0 saturated heterocycles. The molecule has 2 aromatic rings. The molecule has 0 amide bonds. The maximum atomic E-state index is 9.81. The van der Waals surface area contributed by atoms with Gasteiger partial charge in [-0.2, -0.15) is 0 Å². The molecule has 0 bridgehead atoms. The van der Waals surface area contributed by atoms with Crippen LogP contribution in [0, 0.1) is 0 Å². The number of hydrogen-bond donors (Lipinski definition) is 1. The minimum Gasteiger partial charge on any atom is -0.391 e. The molecule has 0 aliphatic heterocycles. The highest BCUT2D eigenvalue weighted by Crippen LogP contribution is 2.45. The lowest BCUT2D eigenvalue weighted by atomic mass is 10.0. The van der Waals surface area contributed by atoms with Gasteiger partial charge in [0.05, 0.1) is 19.3 Å². The highest BCUT2D eigenvalue weighted by molar-refractivity contribution is 6.39. The lowest BCUT2D eigenvalue weighted by Gasteiger charge is -2.05. The van der Waals surface area contributed by atoms with Gasteiger partial charge in [-0.15, -0.1) is 0 Å². The number of aromatic nitrogens is 1. The summed E-state index contributed by atoms with van der Waals surface area (Å²) in [5.41, 5.74) is 0.560. The Morgan fingerprint density at radius 1 is 1.39 bits per heavy atom. The van der Waals surface area contributed by atoms with Gasteiger partial charge in [-0.05, 0) is 25.0 Å². The van der Waals surface area contributed by atoms with E-state index in [1.165, 1.54) is 0 Å². The average molecular weight is 286 g/mol. The molecule has 1 saturated carbocycles. The number of benzene rings is 1. The van der Waals surface area contributed by atoms with Crippen molar-refractivity contribution in [2.75, 3.05) is 0 Å². The summed E-state index contributed by atoms with van der Waals surface area (Å²) in [7, 11) is 0. The monoisotopic (exact) mass is 285 g/mol. The molecule has 5 heteroatoms. The van der Waals surface area contributed by atoms with Crippen LogP contribution in [0.3, 0.4) is 0 Å². The fourth-order valence-electron chi connectivity index (χ4n) is 1.93. The Kier molecular flexibility index (Phi) is 2.50. The van der Waals surface area contributed by atoms with E-state index in [2.05, 4.69) is 5.16 Å². The van der Waals surface area contributed by atoms with Crippen molar-refractivity contribution in [2.45, 2.75) is 25.3 Å².